The third-order valence-electron chi connectivity index (χ3n) is 5.07. The summed E-state index contributed by atoms with van der Waals surface area (Å²) in [7, 11) is 1.60. The molecule has 2 heterocycles. The largest absolute Gasteiger partial charge is 0.497 e. The van der Waals surface area contributed by atoms with Crippen molar-refractivity contribution in [1.82, 2.24) is 9.97 Å². The van der Waals surface area contributed by atoms with Crippen molar-refractivity contribution in [2.24, 2.45) is 0 Å². The van der Waals surface area contributed by atoms with Gasteiger partial charge < -0.3 is 15.0 Å². The van der Waals surface area contributed by atoms with Gasteiger partial charge in [-0.1, -0.05) is 48.2 Å². The summed E-state index contributed by atoms with van der Waals surface area (Å²) in [6, 6.07) is 15.5. The second-order valence-corrected chi connectivity index (χ2v) is 7.89. The van der Waals surface area contributed by atoms with Crippen LogP contribution in [0.2, 0.25) is 0 Å². The number of benzene rings is 2. The smallest absolute Gasteiger partial charge is 0.257 e. The molecule has 1 aliphatic heterocycles. The van der Waals surface area contributed by atoms with Crippen molar-refractivity contribution in [3.8, 4) is 5.75 Å². The fraction of sp³-hybridized carbons (Fsp3) is 0.227. The molecule has 0 saturated heterocycles. The van der Waals surface area contributed by atoms with E-state index in [0.29, 0.717) is 22.3 Å². The first kappa shape index (κ1) is 19.3. The summed E-state index contributed by atoms with van der Waals surface area (Å²) >= 11 is 1.44. The van der Waals surface area contributed by atoms with Gasteiger partial charge in [-0.15, -0.1) is 0 Å². The molecule has 1 atom stereocenters. The maximum absolute atomic E-state index is 12.9. The molecule has 148 valence electrons. The summed E-state index contributed by atoms with van der Waals surface area (Å²) in [4.78, 5) is 32.6. The summed E-state index contributed by atoms with van der Waals surface area (Å²) in [5.41, 5.74) is 3.53. The summed E-state index contributed by atoms with van der Waals surface area (Å²) in [5.74, 6) is 1.27. The summed E-state index contributed by atoms with van der Waals surface area (Å²) < 4.78 is 5.20. The number of methoxy groups -OCH3 is 1. The van der Waals surface area contributed by atoms with Gasteiger partial charge in [0.05, 0.1) is 12.7 Å². The van der Waals surface area contributed by atoms with Gasteiger partial charge in [0, 0.05) is 18.1 Å². The van der Waals surface area contributed by atoms with Crippen molar-refractivity contribution in [3.05, 3.63) is 81.1 Å². The van der Waals surface area contributed by atoms with Gasteiger partial charge in [-0.25, -0.2) is 4.98 Å². The van der Waals surface area contributed by atoms with Crippen molar-refractivity contribution in [2.45, 2.75) is 30.2 Å². The third kappa shape index (κ3) is 4.05. The van der Waals surface area contributed by atoms with Gasteiger partial charge in [0.1, 0.15) is 11.6 Å². The van der Waals surface area contributed by atoms with Gasteiger partial charge in [0.2, 0.25) is 5.91 Å². The van der Waals surface area contributed by atoms with Gasteiger partial charge in [-0.2, -0.15) is 0 Å². The van der Waals surface area contributed by atoms with Crippen LogP contribution < -0.4 is 15.6 Å². The number of nitrogens with one attached hydrogen (secondary N) is 2. The number of fused-ring (bicyclic) bond motifs is 1. The Hall–Kier alpha value is -3.06. The number of hydrogen-bond donors (Lipinski definition) is 2. The topological polar surface area (TPSA) is 84.1 Å². The van der Waals surface area contributed by atoms with Crippen LogP contribution in [0.4, 0.5) is 5.82 Å². The van der Waals surface area contributed by atoms with E-state index in [1.54, 1.807) is 7.11 Å². The Morgan fingerprint density at radius 2 is 1.90 bits per heavy atom. The molecule has 7 heteroatoms. The molecule has 1 amide bonds. The molecule has 2 N–H and O–H groups in total. The molecule has 1 unspecified atom stereocenters. The Morgan fingerprint density at radius 1 is 1.14 bits per heavy atom. The molecule has 0 spiro atoms. The number of aromatic amines is 1. The van der Waals surface area contributed by atoms with E-state index in [1.807, 2.05) is 36.4 Å². The van der Waals surface area contributed by atoms with E-state index in [0.717, 1.165) is 11.3 Å². The maximum atomic E-state index is 12.9. The van der Waals surface area contributed by atoms with Gasteiger partial charge in [0.15, 0.2) is 5.16 Å². The molecule has 0 saturated carbocycles. The minimum atomic E-state index is -0.337. The van der Waals surface area contributed by atoms with E-state index in [2.05, 4.69) is 34.3 Å². The number of H-pyrrole nitrogens is 1. The number of aromatic nitrogens is 2. The summed E-state index contributed by atoms with van der Waals surface area (Å²) in [6.07, 6.45) is 0.208. The summed E-state index contributed by atoms with van der Waals surface area (Å²) in [5, 5.41) is 3.26. The van der Waals surface area contributed by atoms with Crippen molar-refractivity contribution < 1.29 is 9.53 Å². The number of hydrogen-bond acceptors (Lipinski definition) is 5. The Kier molecular flexibility index (Phi) is 5.40. The first-order valence-corrected chi connectivity index (χ1v) is 10.3. The molecule has 0 aliphatic carbocycles. The van der Waals surface area contributed by atoms with Crippen molar-refractivity contribution in [3.63, 3.8) is 0 Å². The van der Waals surface area contributed by atoms with E-state index in [1.165, 1.54) is 22.9 Å². The molecular formula is C22H21N3O3S. The molecule has 1 aromatic heterocycles. The molecule has 2 aromatic carbocycles. The van der Waals surface area contributed by atoms with E-state index in [9.17, 15) is 9.59 Å². The lowest BCUT2D eigenvalue weighted by Gasteiger charge is -2.24. The lowest BCUT2D eigenvalue weighted by Crippen LogP contribution is -2.31. The molecular weight excluding hydrogens is 386 g/mol. The predicted molar refractivity (Wildman–Crippen MR) is 114 cm³/mol. The standard InChI is InChI=1S/C22H21N3O3S/c1-13-5-3-4-6-15(13)12-29-22-24-20-19(21(27)25-22)17(11-18(26)23-20)14-7-9-16(28-2)10-8-14/h3-10,17H,11-12H2,1-2H3,(H2,23,24,25,26,27). The van der Waals surface area contributed by atoms with Crippen molar-refractivity contribution in [1.29, 1.82) is 0 Å². The Bertz CT molecular complexity index is 1110. The van der Waals surface area contributed by atoms with Crippen molar-refractivity contribution >= 4 is 23.5 Å². The monoisotopic (exact) mass is 407 g/mol. The highest BCUT2D eigenvalue weighted by molar-refractivity contribution is 7.98. The normalized spacial score (nSPS) is 15.5. The molecule has 29 heavy (non-hydrogen) atoms. The molecule has 0 fully saturated rings. The van der Waals surface area contributed by atoms with Crippen LogP contribution in [0.5, 0.6) is 5.75 Å². The number of carbonyl (C=O) groups is 1. The lowest BCUT2D eigenvalue weighted by molar-refractivity contribution is -0.116. The zero-order valence-electron chi connectivity index (χ0n) is 16.2. The highest BCUT2D eigenvalue weighted by Crippen LogP contribution is 2.35. The predicted octanol–water partition coefficient (Wildman–Crippen LogP) is 3.85. The minimum Gasteiger partial charge on any atom is -0.497 e. The number of aryl methyl sites for hydroxylation is 1. The number of ether oxygens (including phenoxy) is 1. The van der Waals surface area contributed by atoms with Gasteiger partial charge >= 0.3 is 0 Å². The molecule has 0 radical (unpaired) electrons. The van der Waals surface area contributed by atoms with E-state index in [-0.39, 0.29) is 23.8 Å². The van der Waals surface area contributed by atoms with Crippen LogP contribution in [0, 0.1) is 6.92 Å². The van der Waals surface area contributed by atoms with Crippen LogP contribution in [0.15, 0.2) is 58.5 Å². The second-order valence-electron chi connectivity index (χ2n) is 6.93. The number of carbonyl (C=O) groups excluding carboxylic acids is 1. The van der Waals surface area contributed by atoms with Crippen molar-refractivity contribution in [2.75, 3.05) is 12.4 Å². The molecule has 6 nitrogen and oxygen atoms in total. The second kappa shape index (κ2) is 8.13. The first-order chi connectivity index (χ1) is 14.0. The summed E-state index contributed by atoms with van der Waals surface area (Å²) in [6.45, 7) is 2.05. The van der Waals surface area contributed by atoms with Gasteiger partial charge in [-0.3, -0.25) is 9.59 Å². The highest BCUT2D eigenvalue weighted by atomic mass is 32.2. The third-order valence-corrected chi connectivity index (χ3v) is 6.00. The molecule has 0 bridgehead atoms. The van der Waals surface area contributed by atoms with Crippen LogP contribution in [0.3, 0.4) is 0 Å². The zero-order valence-corrected chi connectivity index (χ0v) is 17.0. The van der Waals surface area contributed by atoms with Crippen LogP contribution in [0.1, 0.15) is 34.6 Å². The molecule has 1 aliphatic rings. The molecule has 3 aromatic rings. The highest BCUT2D eigenvalue weighted by Gasteiger charge is 2.31. The zero-order chi connectivity index (χ0) is 20.4. The average Bonchev–Trinajstić information content (AvgIpc) is 2.72. The molecule has 4 rings (SSSR count). The van der Waals surface area contributed by atoms with E-state index >= 15 is 0 Å². The Morgan fingerprint density at radius 3 is 2.62 bits per heavy atom. The van der Waals surface area contributed by atoms with E-state index < -0.39 is 0 Å². The van der Waals surface area contributed by atoms with Crippen LogP contribution in [-0.2, 0) is 10.5 Å². The Balaban J connectivity index is 1.64. The Labute approximate surface area is 172 Å². The van der Waals surface area contributed by atoms with Crippen LogP contribution in [0.25, 0.3) is 0 Å². The van der Waals surface area contributed by atoms with Crippen LogP contribution in [-0.4, -0.2) is 23.0 Å². The fourth-order valence-corrected chi connectivity index (χ4v) is 4.39. The lowest BCUT2D eigenvalue weighted by atomic mass is 9.87. The number of anilines is 1. The SMILES string of the molecule is COc1ccc(C2CC(=O)Nc3nc(SCc4ccccc4C)[nH]c(=O)c32)cc1. The fourth-order valence-electron chi connectivity index (χ4n) is 3.46. The number of amides is 1. The van der Waals surface area contributed by atoms with Crippen LogP contribution >= 0.6 is 11.8 Å². The maximum Gasteiger partial charge on any atom is 0.257 e. The minimum absolute atomic E-state index is 0.147. The quantitative estimate of drug-likeness (QED) is 0.496. The van der Waals surface area contributed by atoms with Gasteiger partial charge in [-0.05, 0) is 35.7 Å². The van der Waals surface area contributed by atoms with E-state index in [4.69, 9.17) is 4.74 Å². The average molecular weight is 407 g/mol. The number of rotatable bonds is 5. The number of nitrogens with zero attached hydrogens (tertiary/aromatic N) is 1. The number of thioether (sulfide) groups is 1. The first-order valence-electron chi connectivity index (χ1n) is 9.30. The van der Waals surface area contributed by atoms with Gasteiger partial charge in [0.25, 0.3) is 5.56 Å².